The van der Waals surface area contributed by atoms with Crippen molar-refractivity contribution in [2.75, 3.05) is 18.5 Å². The molecule has 0 saturated heterocycles. The highest BCUT2D eigenvalue weighted by atomic mass is 32.2. The van der Waals surface area contributed by atoms with Crippen LogP contribution in [0.4, 0.5) is 5.69 Å². The molecule has 0 bridgehead atoms. The van der Waals surface area contributed by atoms with Crippen molar-refractivity contribution in [2.24, 2.45) is 0 Å². The van der Waals surface area contributed by atoms with E-state index in [1.54, 1.807) is 41.2 Å². The predicted octanol–water partition coefficient (Wildman–Crippen LogP) is 2.16. The summed E-state index contributed by atoms with van der Waals surface area (Å²) >= 11 is 0. The Balaban J connectivity index is 2.30. The van der Waals surface area contributed by atoms with E-state index in [4.69, 9.17) is 0 Å². The van der Waals surface area contributed by atoms with Gasteiger partial charge in [-0.1, -0.05) is 24.3 Å². The molecular weight excluding hydrogens is 424 g/mol. The van der Waals surface area contributed by atoms with E-state index in [2.05, 4.69) is 9.47 Å². The molecule has 0 radical (unpaired) electrons. The lowest BCUT2D eigenvalue weighted by atomic mass is 10.2. The summed E-state index contributed by atoms with van der Waals surface area (Å²) in [6.07, 6.45) is 3.29. The summed E-state index contributed by atoms with van der Waals surface area (Å²) in [7, 11) is -2.67. The second-order valence-corrected chi connectivity index (χ2v) is 7.89. The van der Waals surface area contributed by atoms with Crippen molar-refractivity contribution in [2.45, 2.75) is 4.90 Å². The fourth-order valence-corrected chi connectivity index (χ4v) is 4.52. The zero-order valence-corrected chi connectivity index (χ0v) is 17.4. The Labute approximate surface area is 178 Å². The van der Waals surface area contributed by atoms with Crippen LogP contribution in [0.5, 0.6) is 0 Å². The van der Waals surface area contributed by atoms with Gasteiger partial charge < -0.3 is 14.0 Å². The van der Waals surface area contributed by atoms with Crippen molar-refractivity contribution in [3.8, 4) is 5.69 Å². The van der Waals surface area contributed by atoms with Gasteiger partial charge in [-0.15, -0.1) is 0 Å². The minimum atomic E-state index is -4.74. The van der Waals surface area contributed by atoms with Crippen LogP contribution >= 0.6 is 0 Å². The van der Waals surface area contributed by atoms with Crippen molar-refractivity contribution in [3.05, 3.63) is 78.6 Å². The molecular formula is C21H18N2O7S. The molecule has 9 nitrogen and oxygen atoms in total. The normalized spacial score (nSPS) is 10.9. The summed E-state index contributed by atoms with van der Waals surface area (Å²) in [5.41, 5.74) is -0.0799. The number of carbonyl (C=O) groups excluding carboxylic acids is 3. The molecule has 0 N–H and O–H groups in total. The molecule has 3 aromatic rings. The van der Waals surface area contributed by atoms with E-state index in [0.29, 0.717) is 9.99 Å². The molecule has 31 heavy (non-hydrogen) atoms. The summed E-state index contributed by atoms with van der Waals surface area (Å²) in [5.74, 6) is -3.74. The van der Waals surface area contributed by atoms with Gasteiger partial charge in [-0.3, -0.25) is 4.79 Å². The maximum atomic E-state index is 13.6. The maximum Gasteiger partial charge on any atom is 0.398 e. The second-order valence-electron chi connectivity index (χ2n) is 6.13. The Morgan fingerprint density at radius 3 is 2.10 bits per heavy atom. The molecule has 0 aliphatic rings. The first kappa shape index (κ1) is 21.8. The monoisotopic (exact) mass is 442 g/mol. The number of benzene rings is 2. The molecule has 0 aliphatic carbocycles. The third-order valence-corrected chi connectivity index (χ3v) is 6.09. The van der Waals surface area contributed by atoms with Crippen LogP contribution in [0.1, 0.15) is 10.4 Å². The number of hydrogen-bond acceptors (Lipinski definition) is 7. The standard InChI is InChI=1S/C21H18N2O7S/c1-29-20(25)15-9-3-6-12-18(15)31(27,28)23(19(24)21(26)30-2)17-11-5-4-10-16(17)22-13-7-8-14-22/h3-14H,1-2H3. The minimum Gasteiger partial charge on any atom is -0.465 e. The number of para-hydroxylation sites is 2. The van der Waals surface area contributed by atoms with Gasteiger partial charge in [-0.25, -0.2) is 18.0 Å². The van der Waals surface area contributed by atoms with Gasteiger partial charge >= 0.3 is 17.8 Å². The Bertz CT molecular complexity index is 1230. The average molecular weight is 442 g/mol. The SMILES string of the molecule is COC(=O)C(=O)N(c1ccccc1-n1cccc1)S(=O)(=O)c1ccccc1C(=O)OC. The first-order valence-corrected chi connectivity index (χ1v) is 10.3. The molecule has 0 spiro atoms. The van der Waals surface area contributed by atoms with Crippen molar-refractivity contribution in [3.63, 3.8) is 0 Å². The molecule has 1 amide bonds. The number of methoxy groups -OCH3 is 2. The minimum absolute atomic E-state index is 0.103. The largest absolute Gasteiger partial charge is 0.465 e. The predicted molar refractivity (Wildman–Crippen MR) is 110 cm³/mol. The molecule has 160 valence electrons. The van der Waals surface area contributed by atoms with Gasteiger partial charge in [0.05, 0.1) is 31.2 Å². The fraction of sp³-hybridized carbons (Fsp3) is 0.0952. The summed E-state index contributed by atoms with van der Waals surface area (Å²) in [4.78, 5) is 36.7. The van der Waals surface area contributed by atoms with Gasteiger partial charge in [0.1, 0.15) is 4.90 Å². The summed E-state index contributed by atoms with van der Waals surface area (Å²) in [6, 6.07) is 14.8. The number of sulfonamides is 1. The summed E-state index contributed by atoms with van der Waals surface area (Å²) in [6.45, 7) is 0. The van der Waals surface area contributed by atoms with Crippen molar-refractivity contribution >= 4 is 33.6 Å². The van der Waals surface area contributed by atoms with Crippen LogP contribution in [0.3, 0.4) is 0 Å². The number of nitrogens with zero attached hydrogens (tertiary/aromatic N) is 2. The van der Waals surface area contributed by atoms with Crippen molar-refractivity contribution < 1.29 is 32.3 Å². The number of rotatable bonds is 5. The Hall–Kier alpha value is -3.92. The molecule has 10 heteroatoms. The highest BCUT2D eigenvalue weighted by Crippen LogP contribution is 2.31. The van der Waals surface area contributed by atoms with Crippen LogP contribution in [-0.4, -0.2) is 45.1 Å². The van der Waals surface area contributed by atoms with E-state index < -0.39 is 32.8 Å². The second kappa shape index (κ2) is 8.84. The lowest BCUT2D eigenvalue weighted by molar-refractivity contribution is -0.150. The van der Waals surface area contributed by atoms with Crippen LogP contribution in [0.2, 0.25) is 0 Å². The van der Waals surface area contributed by atoms with E-state index in [-0.39, 0.29) is 11.3 Å². The third-order valence-electron chi connectivity index (χ3n) is 4.34. The molecule has 0 aliphatic heterocycles. The lowest BCUT2D eigenvalue weighted by Gasteiger charge is -2.24. The van der Waals surface area contributed by atoms with Gasteiger partial charge in [-0.2, -0.15) is 4.31 Å². The van der Waals surface area contributed by atoms with Gasteiger partial charge in [0.25, 0.3) is 10.0 Å². The van der Waals surface area contributed by atoms with E-state index in [9.17, 15) is 22.8 Å². The molecule has 0 fully saturated rings. The zero-order chi connectivity index (χ0) is 22.6. The number of ether oxygens (including phenoxy) is 2. The molecule has 1 heterocycles. The highest BCUT2D eigenvalue weighted by molar-refractivity contribution is 7.93. The molecule has 2 aromatic carbocycles. The van der Waals surface area contributed by atoms with Crippen LogP contribution in [0.25, 0.3) is 5.69 Å². The number of hydrogen-bond donors (Lipinski definition) is 0. The van der Waals surface area contributed by atoms with Crippen molar-refractivity contribution in [1.82, 2.24) is 4.57 Å². The first-order chi connectivity index (χ1) is 14.8. The fourth-order valence-electron chi connectivity index (χ4n) is 2.94. The van der Waals surface area contributed by atoms with E-state index in [1.807, 2.05) is 0 Å². The smallest absolute Gasteiger partial charge is 0.398 e. The van der Waals surface area contributed by atoms with Crippen LogP contribution in [0, 0.1) is 0 Å². The van der Waals surface area contributed by atoms with E-state index in [1.165, 1.54) is 30.3 Å². The van der Waals surface area contributed by atoms with Gasteiger partial charge in [-0.05, 0) is 36.4 Å². The third kappa shape index (κ3) is 4.05. The van der Waals surface area contributed by atoms with Crippen LogP contribution in [0.15, 0.2) is 78.0 Å². The average Bonchev–Trinajstić information content (AvgIpc) is 3.33. The van der Waals surface area contributed by atoms with Crippen LogP contribution in [-0.2, 0) is 29.1 Å². The molecule has 0 atom stereocenters. The van der Waals surface area contributed by atoms with Gasteiger partial charge in [0.15, 0.2) is 0 Å². The molecule has 3 rings (SSSR count). The Kier molecular flexibility index (Phi) is 6.21. The number of aromatic nitrogens is 1. The molecule has 0 saturated carbocycles. The number of amides is 1. The first-order valence-electron chi connectivity index (χ1n) is 8.90. The van der Waals surface area contributed by atoms with Gasteiger partial charge in [0, 0.05) is 12.4 Å². The molecule has 0 unspecified atom stereocenters. The van der Waals surface area contributed by atoms with Crippen molar-refractivity contribution in [1.29, 1.82) is 0 Å². The maximum absolute atomic E-state index is 13.6. The lowest BCUT2D eigenvalue weighted by Crippen LogP contribution is -2.43. The van der Waals surface area contributed by atoms with E-state index >= 15 is 0 Å². The zero-order valence-electron chi connectivity index (χ0n) is 16.6. The number of esters is 2. The number of anilines is 1. The number of carbonyl (C=O) groups is 3. The summed E-state index contributed by atoms with van der Waals surface area (Å²) in [5, 5.41) is 0. The topological polar surface area (TPSA) is 112 Å². The van der Waals surface area contributed by atoms with Crippen LogP contribution < -0.4 is 4.31 Å². The quantitative estimate of drug-likeness (QED) is 0.440. The molecule has 1 aromatic heterocycles. The van der Waals surface area contributed by atoms with E-state index in [0.717, 1.165) is 20.3 Å². The highest BCUT2D eigenvalue weighted by Gasteiger charge is 2.39. The summed E-state index contributed by atoms with van der Waals surface area (Å²) < 4.78 is 38.3. The van der Waals surface area contributed by atoms with Gasteiger partial charge in [0.2, 0.25) is 0 Å². The Morgan fingerprint density at radius 1 is 0.839 bits per heavy atom. The Morgan fingerprint density at radius 2 is 1.45 bits per heavy atom.